The molecule has 3 aromatic carbocycles. The second-order valence-electron chi connectivity index (χ2n) is 10.2. The summed E-state index contributed by atoms with van der Waals surface area (Å²) in [4.78, 5) is 42.6. The maximum Gasteiger partial charge on any atom is 0.317 e. The number of carbonyl (C=O) groups excluding carboxylic acids is 3. The number of hydrogen-bond donors (Lipinski definition) is 3. The van der Waals surface area contributed by atoms with Gasteiger partial charge >= 0.3 is 6.03 Å². The first-order valence-corrected chi connectivity index (χ1v) is 13.8. The Balaban J connectivity index is 1.36. The molecule has 8 nitrogen and oxygen atoms in total. The third-order valence-electron chi connectivity index (χ3n) is 7.38. The number of nitrogens with one attached hydrogen (secondary N) is 3. The Morgan fingerprint density at radius 3 is 2.45 bits per heavy atom. The molecule has 4 amide bonds. The number of anilines is 2. The molecule has 0 radical (unpaired) electrons. The molecular formula is C31H34FN5O3. The van der Waals surface area contributed by atoms with Crippen molar-refractivity contribution in [3.05, 3.63) is 95.3 Å². The molecule has 2 fully saturated rings. The van der Waals surface area contributed by atoms with Gasteiger partial charge in [0.15, 0.2) is 0 Å². The molecule has 0 unspecified atom stereocenters. The molecule has 1 saturated heterocycles. The Labute approximate surface area is 233 Å². The van der Waals surface area contributed by atoms with Gasteiger partial charge in [-0.1, -0.05) is 36.4 Å². The highest BCUT2D eigenvalue weighted by Crippen LogP contribution is 2.41. The van der Waals surface area contributed by atoms with Crippen LogP contribution in [0.3, 0.4) is 0 Å². The molecule has 3 N–H and O–H groups in total. The average molecular weight is 544 g/mol. The number of nitrogens with zero attached hydrogens (tertiary/aromatic N) is 2. The molecule has 0 bridgehead atoms. The minimum absolute atomic E-state index is 0.0609. The number of carbonyl (C=O) groups is 3. The maximum atomic E-state index is 13.8. The van der Waals surface area contributed by atoms with Crippen LogP contribution in [0.25, 0.3) is 0 Å². The largest absolute Gasteiger partial charge is 0.368 e. The Kier molecular flexibility index (Phi) is 8.28. The number of rotatable bonds is 7. The Hall–Kier alpha value is -4.40. The van der Waals surface area contributed by atoms with E-state index in [2.05, 4.69) is 33.0 Å². The standard InChI is InChI=1S/C31H34FN5O3/c1-2-33-31(40)37-15-7-14-36(16-17-37)28-13-12-23(19-27(28)35-29(38)22-10-6-11-24(32)18-22)30(39)34-26-20-25(26)21-8-4-3-5-9-21/h3-6,8-13,18-19,25-26H,2,7,14-17,20H2,1H3,(H,33,40)(H,34,39)(H,35,38)/t25-,26+/m1/s1. The quantitative estimate of drug-likeness (QED) is 0.406. The van der Waals surface area contributed by atoms with Crippen LogP contribution in [0.2, 0.25) is 0 Å². The van der Waals surface area contributed by atoms with E-state index in [4.69, 9.17) is 0 Å². The van der Waals surface area contributed by atoms with Crippen LogP contribution in [0.15, 0.2) is 72.8 Å². The van der Waals surface area contributed by atoms with Gasteiger partial charge in [0.25, 0.3) is 11.8 Å². The molecular weight excluding hydrogens is 509 g/mol. The molecule has 0 aromatic heterocycles. The van der Waals surface area contributed by atoms with E-state index in [-0.39, 0.29) is 23.5 Å². The molecule has 1 saturated carbocycles. The Morgan fingerprint density at radius 2 is 1.68 bits per heavy atom. The number of hydrogen-bond acceptors (Lipinski definition) is 4. The SMILES string of the molecule is CCNC(=O)N1CCCN(c2ccc(C(=O)N[C@H]3C[C@@H]3c3ccccc3)cc2NC(=O)c2cccc(F)c2)CC1. The third kappa shape index (κ3) is 6.42. The highest BCUT2D eigenvalue weighted by atomic mass is 19.1. The van der Waals surface area contributed by atoms with Gasteiger partial charge in [0.05, 0.1) is 11.4 Å². The molecule has 208 valence electrons. The van der Waals surface area contributed by atoms with E-state index in [9.17, 15) is 18.8 Å². The summed E-state index contributed by atoms with van der Waals surface area (Å²) in [6, 6.07) is 20.8. The van der Waals surface area contributed by atoms with Gasteiger partial charge in [-0.25, -0.2) is 9.18 Å². The van der Waals surface area contributed by atoms with Crippen molar-refractivity contribution in [1.82, 2.24) is 15.5 Å². The number of benzene rings is 3. The fourth-order valence-corrected chi connectivity index (χ4v) is 5.18. The first-order valence-electron chi connectivity index (χ1n) is 13.8. The lowest BCUT2D eigenvalue weighted by molar-refractivity contribution is 0.0949. The molecule has 1 aliphatic heterocycles. The summed E-state index contributed by atoms with van der Waals surface area (Å²) in [5.41, 5.74) is 3.02. The van der Waals surface area contributed by atoms with Gasteiger partial charge in [0.1, 0.15) is 5.82 Å². The third-order valence-corrected chi connectivity index (χ3v) is 7.38. The predicted octanol–water partition coefficient (Wildman–Crippen LogP) is 4.61. The predicted molar refractivity (Wildman–Crippen MR) is 153 cm³/mol. The topological polar surface area (TPSA) is 93.8 Å². The first-order chi connectivity index (χ1) is 19.4. The van der Waals surface area contributed by atoms with Crippen molar-refractivity contribution < 1.29 is 18.8 Å². The van der Waals surface area contributed by atoms with Crippen LogP contribution in [-0.2, 0) is 0 Å². The van der Waals surface area contributed by atoms with Crippen molar-refractivity contribution >= 4 is 29.2 Å². The van der Waals surface area contributed by atoms with Crippen LogP contribution in [0.1, 0.15) is 52.0 Å². The average Bonchev–Trinajstić information content (AvgIpc) is 3.76. The fourth-order valence-electron chi connectivity index (χ4n) is 5.18. The fraction of sp³-hybridized carbons (Fsp3) is 0.323. The summed E-state index contributed by atoms with van der Waals surface area (Å²) in [6.45, 7) is 4.83. The van der Waals surface area contributed by atoms with E-state index >= 15 is 0 Å². The molecule has 0 spiro atoms. The van der Waals surface area contributed by atoms with Crippen molar-refractivity contribution in [2.45, 2.75) is 31.7 Å². The van der Waals surface area contributed by atoms with Crippen molar-refractivity contribution in [1.29, 1.82) is 0 Å². The van der Waals surface area contributed by atoms with E-state index in [0.29, 0.717) is 49.9 Å². The molecule has 2 aliphatic rings. The van der Waals surface area contributed by atoms with E-state index < -0.39 is 11.7 Å². The van der Waals surface area contributed by atoms with Crippen molar-refractivity contribution in [2.75, 3.05) is 42.9 Å². The van der Waals surface area contributed by atoms with Gasteiger partial charge in [-0.2, -0.15) is 0 Å². The van der Waals surface area contributed by atoms with Crippen LogP contribution in [0.5, 0.6) is 0 Å². The smallest absolute Gasteiger partial charge is 0.317 e. The Morgan fingerprint density at radius 1 is 0.875 bits per heavy atom. The first kappa shape index (κ1) is 27.2. The van der Waals surface area contributed by atoms with Gasteiger partial charge < -0.3 is 25.8 Å². The molecule has 40 heavy (non-hydrogen) atoms. The lowest BCUT2D eigenvalue weighted by Crippen LogP contribution is -2.42. The van der Waals surface area contributed by atoms with Gasteiger partial charge in [-0.15, -0.1) is 0 Å². The summed E-state index contributed by atoms with van der Waals surface area (Å²) in [5, 5.41) is 8.86. The van der Waals surface area contributed by atoms with E-state index in [1.807, 2.05) is 31.2 Å². The zero-order valence-corrected chi connectivity index (χ0v) is 22.5. The van der Waals surface area contributed by atoms with Crippen molar-refractivity contribution in [3.63, 3.8) is 0 Å². The number of amides is 4. The summed E-state index contributed by atoms with van der Waals surface area (Å²) in [5.74, 6) is -0.893. The highest BCUT2D eigenvalue weighted by Gasteiger charge is 2.39. The van der Waals surface area contributed by atoms with Crippen molar-refractivity contribution in [2.24, 2.45) is 0 Å². The second-order valence-corrected chi connectivity index (χ2v) is 10.2. The summed E-state index contributed by atoms with van der Waals surface area (Å²) >= 11 is 0. The monoisotopic (exact) mass is 543 g/mol. The van der Waals surface area contributed by atoms with E-state index in [0.717, 1.165) is 18.5 Å². The van der Waals surface area contributed by atoms with Crippen LogP contribution in [0.4, 0.5) is 20.6 Å². The van der Waals surface area contributed by atoms with Gasteiger partial charge in [0, 0.05) is 55.8 Å². The van der Waals surface area contributed by atoms with Crippen LogP contribution in [-0.4, -0.2) is 61.5 Å². The summed E-state index contributed by atoms with van der Waals surface area (Å²) in [6.07, 6.45) is 1.63. The van der Waals surface area contributed by atoms with Gasteiger partial charge in [-0.05, 0) is 61.7 Å². The maximum absolute atomic E-state index is 13.8. The Bertz CT molecular complexity index is 1380. The minimum Gasteiger partial charge on any atom is -0.368 e. The molecule has 2 atom stereocenters. The van der Waals surface area contributed by atoms with E-state index in [1.54, 1.807) is 23.1 Å². The number of halogens is 1. The lowest BCUT2D eigenvalue weighted by atomic mass is 10.1. The van der Waals surface area contributed by atoms with Crippen LogP contribution in [0, 0.1) is 5.82 Å². The van der Waals surface area contributed by atoms with Gasteiger partial charge in [-0.3, -0.25) is 9.59 Å². The normalized spacial score (nSPS) is 18.4. The van der Waals surface area contributed by atoms with Crippen LogP contribution < -0.4 is 20.9 Å². The molecule has 1 aliphatic carbocycles. The van der Waals surface area contributed by atoms with Crippen LogP contribution >= 0.6 is 0 Å². The second kappa shape index (κ2) is 12.2. The minimum atomic E-state index is -0.503. The lowest BCUT2D eigenvalue weighted by Gasteiger charge is -2.26. The zero-order valence-electron chi connectivity index (χ0n) is 22.5. The van der Waals surface area contributed by atoms with Crippen molar-refractivity contribution in [3.8, 4) is 0 Å². The molecule has 1 heterocycles. The molecule has 3 aromatic rings. The molecule has 9 heteroatoms. The number of urea groups is 1. The molecule has 5 rings (SSSR count). The highest BCUT2D eigenvalue weighted by molar-refractivity contribution is 6.07. The van der Waals surface area contributed by atoms with E-state index in [1.165, 1.54) is 23.8 Å². The summed E-state index contributed by atoms with van der Waals surface area (Å²) < 4.78 is 13.8. The van der Waals surface area contributed by atoms with Gasteiger partial charge in [0.2, 0.25) is 0 Å². The summed E-state index contributed by atoms with van der Waals surface area (Å²) in [7, 11) is 0. The zero-order chi connectivity index (χ0) is 28.1.